The molecule has 0 aliphatic carbocycles. The molecule has 13 heavy (non-hydrogen) atoms. The molecule has 2 atom stereocenters. The van der Waals surface area contributed by atoms with E-state index < -0.39 is 12.1 Å². The van der Waals surface area contributed by atoms with Crippen molar-refractivity contribution in [3.05, 3.63) is 0 Å². The van der Waals surface area contributed by atoms with E-state index in [1.165, 1.54) is 0 Å². The number of hydrogen-bond donors (Lipinski definition) is 3. The van der Waals surface area contributed by atoms with Gasteiger partial charge in [0.1, 0.15) is 0 Å². The van der Waals surface area contributed by atoms with Crippen LogP contribution in [-0.2, 0) is 4.79 Å². The molecule has 0 bridgehead atoms. The Morgan fingerprint density at radius 3 is 2.69 bits per heavy atom. The second kappa shape index (κ2) is 7.17. The largest absolute Gasteiger partial charge is 0.481 e. The number of carboxylic acids is 1. The van der Waals surface area contributed by atoms with Crippen molar-refractivity contribution in [1.29, 1.82) is 0 Å². The van der Waals surface area contributed by atoms with Crippen molar-refractivity contribution in [2.75, 3.05) is 12.3 Å². The van der Waals surface area contributed by atoms with Crippen molar-refractivity contribution < 1.29 is 15.0 Å². The first-order valence-corrected chi connectivity index (χ1v) is 5.32. The van der Waals surface area contributed by atoms with Gasteiger partial charge in [0.2, 0.25) is 0 Å². The highest BCUT2D eigenvalue weighted by Crippen LogP contribution is 2.15. The fourth-order valence-corrected chi connectivity index (χ4v) is 1.83. The molecule has 0 aliphatic heterocycles. The van der Waals surface area contributed by atoms with Gasteiger partial charge in [0.25, 0.3) is 0 Å². The lowest BCUT2D eigenvalue weighted by molar-refractivity contribution is -0.138. The lowest BCUT2D eigenvalue weighted by atomic mass is 10.3. The lowest BCUT2D eigenvalue weighted by Gasteiger charge is -2.12. The summed E-state index contributed by atoms with van der Waals surface area (Å²) in [7, 11) is 0. The third-order valence-corrected chi connectivity index (χ3v) is 2.94. The molecular weight excluding hydrogens is 190 g/mol. The Morgan fingerprint density at radius 1 is 1.62 bits per heavy atom. The van der Waals surface area contributed by atoms with Crippen LogP contribution >= 0.6 is 11.8 Å². The van der Waals surface area contributed by atoms with E-state index in [2.05, 4.69) is 0 Å². The summed E-state index contributed by atoms with van der Waals surface area (Å²) in [6.45, 7) is 2.65. The molecule has 78 valence electrons. The maximum Gasteiger partial charge on any atom is 0.306 e. The maximum atomic E-state index is 10.2. The highest BCUT2D eigenvalue weighted by atomic mass is 32.2. The minimum absolute atomic E-state index is 0.178. The first-order chi connectivity index (χ1) is 6.06. The van der Waals surface area contributed by atoms with E-state index in [1.807, 2.05) is 6.92 Å². The molecule has 0 aromatic heterocycles. The fraction of sp³-hybridized carbons (Fsp3) is 0.875. The second-order valence-corrected chi connectivity index (χ2v) is 4.44. The van der Waals surface area contributed by atoms with E-state index in [0.29, 0.717) is 17.5 Å². The van der Waals surface area contributed by atoms with Gasteiger partial charge in [-0.25, -0.2) is 0 Å². The SMILES string of the molecule is CC(CCN)SCC(O)CC(=O)O. The number of nitrogens with two attached hydrogens (primary N) is 1. The van der Waals surface area contributed by atoms with Crippen molar-refractivity contribution in [3.63, 3.8) is 0 Å². The molecule has 5 heteroatoms. The first-order valence-electron chi connectivity index (χ1n) is 4.27. The summed E-state index contributed by atoms with van der Waals surface area (Å²) in [5.74, 6) is -0.493. The average molecular weight is 207 g/mol. The van der Waals surface area contributed by atoms with Gasteiger partial charge in [-0.3, -0.25) is 4.79 Å². The number of rotatable bonds is 7. The molecule has 0 aromatic carbocycles. The number of aliphatic carboxylic acids is 1. The van der Waals surface area contributed by atoms with Crippen molar-refractivity contribution in [1.82, 2.24) is 0 Å². The number of carbonyl (C=O) groups is 1. The zero-order valence-corrected chi connectivity index (χ0v) is 8.59. The van der Waals surface area contributed by atoms with Crippen LogP contribution in [0.4, 0.5) is 0 Å². The Morgan fingerprint density at radius 2 is 2.23 bits per heavy atom. The van der Waals surface area contributed by atoms with E-state index in [-0.39, 0.29) is 6.42 Å². The Hall–Kier alpha value is -0.260. The number of aliphatic hydroxyl groups is 1. The van der Waals surface area contributed by atoms with Gasteiger partial charge in [0, 0.05) is 11.0 Å². The average Bonchev–Trinajstić information content (AvgIpc) is 2.00. The van der Waals surface area contributed by atoms with Gasteiger partial charge in [-0.05, 0) is 13.0 Å². The van der Waals surface area contributed by atoms with Crippen LogP contribution in [-0.4, -0.2) is 39.8 Å². The molecule has 0 aromatic rings. The normalized spacial score (nSPS) is 15.3. The molecule has 0 rings (SSSR count). The van der Waals surface area contributed by atoms with Crippen molar-refractivity contribution in [2.24, 2.45) is 5.73 Å². The van der Waals surface area contributed by atoms with E-state index >= 15 is 0 Å². The van der Waals surface area contributed by atoms with Crippen LogP contribution in [0.2, 0.25) is 0 Å². The predicted octanol–water partition coefficient (Wildman–Crippen LogP) is 0.292. The monoisotopic (exact) mass is 207 g/mol. The van der Waals surface area contributed by atoms with Gasteiger partial charge in [-0.15, -0.1) is 0 Å². The zero-order chi connectivity index (χ0) is 10.3. The van der Waals surface area contributed by atoms with Crippen LogP contribution in [0.3, 0.4) is 0 Å². The molecule has 0 saturated carbocycles. The molecule has 0 radical (unpaired) electrons. The first kappa shape index (κ1) is 12.7. The van der Waals surface area contributed by atoms with Gasteiger partial charge < -0.3 is 15.9 Å². The van der Waals surface area contributed by atoms with Gasteiger partial charge in [0.05, 0.1) is 12.5 Å². The van der Waals surface area contributed by atoms with Crippen LogP contribution in [0.15, 0.2) is 0 Å². The molecule has 4 N–H and O–H groups in total. The van der Waals surface area contributed by atoms with Gasteiger partial charge in [-0.1, -0.05) is 6.92 Å². The van der Waals surface area contributed by atoms with E-state index in [0.717, 1.165) is 6.42 Å². The van der Waals surface area contributed by atoms with Crippen LogP contribution < -0.4 is 5.73 Å². The van der Waals surface area contributed by atoms with Gasteiger partial charge >= 0.3 is 5.97 Å². The van der Waals surface area contributed by atoms with Crippen molar-refractivity contribution >= 4 is 17.7 Å². The van der Waals surface area contributed by atoms with Crippen molar-refractivity contribution in [2.45, 2.75) is 31.1 Å². The minimum Gasteiger partial charge on any atom is -0.481 e. The summed E-state index contributed by atoms with van der Waals surface area (Å²) >= 11 is 1.56. The van der Waals surface area contributed by atoms with Crippen molar-refractivity contribution in [3.8, 4) is 0 Å². The molecule has 4 nitrogen and oxygen atoms in total. The Balaban J connectivity index is 3.45. The summed E-state index contributed by atoms with van der Waals surface area (Å²) in [5.41, 5.74) is 5.35. The summed E-state index contributed by atoms with van der Waals surface area (Å²) in [6.07, 6.45) is -0.0324. The molecule has 0 saturated heterocycles. The minimum atomic E-state index is -0.959. The molecule has 0 amide bonds. The Labute approximate surface area is 82.5 Å². The van der Waals surface area contributed by atoms with Crippen LogP contribution in [0.1, 0.15) is 19.8 Å². The lowest BCUT2D eigenvalue weighted by Crippen LogP contribution is -2.17. The number of carboxylic acid groups (broad SMARTS) is 1. The molecule has 0 aliphatic rings. The Kier molecular flexibility index (Phi) is 7.03. The zero-order valence-electron chi connectivity index (χ0n) is 7.77. The summed E-state index contributed by atoms with van der Waals surface area (Å²) in [5, 5.41) is 17.9. The second-order valence-electron chi connectivity index (χ2n) is 2.97. The van der Waals surface area contributed by atoms with Crippen LogP contribution in [0, 0.1) is 0 Å². The fourth-order valence-electron chi connectivity index (χ4n) is 0.854. The summed E-state index contributed by atoms with van der Waals surface area (Å²) in [6, 6.07) is 0. The van der Waals surface area contributed by atoms with E-state index in [9.17, 15) is 9.90 Å². The van der Waals surface area contributed by atoms with Crippen LogP contribution in [0.25, 0.3) is 0 Å². The molecule has 0 heterocycles. The van der Waals surface area contributed by atoms with E-state index in [1.54, 1.807) is 11.8 Å². The standard InChI is InChI=1S/C8H17NO3S/c1-6(2-3-9)13-5-7(10)4-8(11)12/h6-7,10H,2-5,9H2,1H3,(H,11,12). The highest BCUT2D eigenvalue weighted by Gasteiger charge is 2.11. The number of thioether (sulfide) groups is 1. The highest BCUT2D eigenvalue weighted by molar-refractivity contribution is 7.99. The van der Waals surface area contributed by atoms with Gasteiger partial charge in [-0.2, -0.15) is 11.8 Å². The summed E-state index contributed by atoms with van der Waals surface area (Å²) < 4.78 is 0. The smallest absolute Gasteiger partial charge is 0.306 e. The number of aliphatic hydroxyl groups excluding tert-OH is 1. The quantitative estimate of drug-likeness (QED) is 0.559. The molecule has 0 spiro atoms. The third-order valence-electron chi connectivity index (χ3n) is 1.56. The van der Waals surface area contributed by atoms with Crippen LogP contribution in [0.5, 0.6) is 0 Å². The number of hydrogen-bond acceptors (Lipinski definition) is 4. The maximum absolute atomic E-state index is 10.2. The predicted molar refractivity (Wildman–Crippen MR) is 53.9 cm³/mol. The Bertz CT molecular complexity index is 154. The molecule has 0 fully saturated rings. The molecular formula is C8H17NO3S. The summed E-state index contributed by atoms with van der Waals surface area (Å²) in [4.78, 5) is 10.2. The topological polar surface area (TPSA) is 83.5 Å². The molecule has 2 unspecified atom stereocenters. The third kappa shape index (κ3) is 8.08. The van der Waals surface area contributed by atoms with Gasteiger partial charge in [0.15, 0.2) is 0 Å². The van der Waals surface area contributed by atoms with E-state index in [4.69, 9.17) is 10.8 Å².